The van der Waals surface area contributed by atoms with Gasteiger partial charge in [0.1, 0.15) is 17.4 Å². The second kappa shape index (κ2) is 5.56. The molecule has 0 saturated heterocycles. The summed E-state index contributed by atoms with van der Waals surface area (Å²) in [5.41, 5.74) is 0.163. The number of carbonyl (C=O) groups excluding carboxylic acids is 1. The fourth-order valence-electron chi connectivity index (χ4n) is 2.59. The third-order valence-corrected chi connectivity index (χ3v) is 3.59. The molecule has 1 aliphatic carbocycles. The van der Waals surface area contributed by atoms with Crippen LogP contribution in [0, 0.1) is 0 Å². The molecule has 3 rings (SSSR count). The van der Waals surface area contributed by atoms with Crippen molar-refractivity contribution in [3.05, 3.63) is 52.4 Å². The fourth-order valence-corrected chi connectivity index (χ4v) is 2.59. The summed E-state index contributed by atoms with van der Waals surface area (Å²) in [6.07, 6.45) is 7.11. The Kier molecular flexibility index (Phi) is 3.60. The number of carbonyl (C=O) groups is 1. The molecule has 1 aromatic heterocycles. The standard InChI is InChI=1S/C17H16O4/c1-11(18)16-14(20-13-5-3-2-4-6-13)9-7-12-8-10-15(19)21-17(12)16/h3,5,7-10,13H,2,4,6H2,1H3. The SMILES string of the molecule is CC(=O)c1c(OC2C=CCCC2)ccc2ccc(=O)oc12. The smallest absolute Gasteiger partial charge is 0.336 e. The van der Waals surface area contributed by atoms with E-state index in [9.17, 15) is 9.59 Å². The van der Waals surface area contributed by atoms with Crippen molar-refractivity contribution in [1.29, 1.82) is 0 Å². The highest BCUT2D eigenvalue weighted by molar-refractivity contribution is 6.07. The van der Waals surface area contributed by atoms with E-state index in [1.54, 1.807) is 18.2 Å². The Morgan fingerprint density at radius 1 is 1.29 bits per heavy atom. The van der Waals surface area contributed by atoms with Crippen LogP contribution in [0.4, 0.5) is 0 Å². The van der Waals surface area contributed by atoms with Crippen LogP contribution < -0.4 is 10.4 Å². The summed E-state index contributed by atoms with van der Waals surface area (Å²) in [7, 11) is 0. The molecule has 4 nitrogen and oxygen atoms in total. The highest BCUT2D eigenvalue weighted by Crippen LogP contribution is 2.30. The van der Waals surface area contributed by atoms with E-state index in [4.69, 9.17) is 9.15 Å². The zero-order valence-electron chi connectivity index (χ0n) is 11.8. The molecule has 1 unspecified atom stereocenters. The van der Waals surface area contributed by atoms with Crippen LogP contribution in [0.3, 0.4) is 0 Å². The highest BCUT2D eigenvalue weighted by Gasteiger charge is 2.19. The number of Topliss-reactive ketones (excluding diaryl/α,β-unsaturated/α-hetero) is 1. The van der Waals surface area contributed by atoms with Crippen molar-refractivity contribution >= 4 is 16.8 Å². The summed E-state index contributed by atoms with van der Waals surface area (Å²) in [5.74, 6) is 0.297. The van der Waals surface area contributed by atoms with E-state index in [2.05, 4.69) is 6.08 Å². The minimum Gasteiger partial charge on any atom is -0.485 e. The van der Waals surface area contributed by atoms with Crippen molar-refractivity contribution in [2.24, 2.45) is 0 Å². The molecular formula is C17H16O4. The molecule has 0 radical (unpaired) electrons. The van der Waals surface area contributed by atoms with E-state index in [-0.39, 0.29) is 11.9 Å². The van der Waals surface area contributed by atoms with Gasteiger partial charge in [0.05, 0.1) is 0 Å². The van der Waals surface area contributed by atoms with Crippen molar-refractivity contribution in [3.63, 3.8) is 0 Å². The summed E-state index contributed by atoms with van der Waals surface area (Å²) in [6.45, 7) is 1.45. The number of allylic oxidation sites excluding steroid dienone is 1. The van der Waals surface area contributed by atoms with E-state index in [0.29, 0.717) is 22.3 Å². The van der Waals surface area contributed by atoms with Gasteiger partial charge >= 0.3 is 5.63 Å². The topological polar surface area (TPSA) is 56.5 Å². The molecule has 0 bridgehead atoms. The zero-order chi connectivity index (χ0) is 14.8. The quantitative estimate of drug-likeness (QED) is 0.492. The monoisotopic (exact) mass is 284 g/mol. The molecule has 2 aromatic rings. The van der Waals surface area contributed by atoms with Gasteiger partial charge in [-0.2, -0.15) is 0 Å². The van der Waals surface area contributed by atoms with Gasteiger partial charge in [0.25, 0.3) is 0 Å². The first kappa shape index (κ1) is 13.6. The Bertz CT molecular complexity index is 770. The number of fused-ring (bicyclic) bond motifs is 1. The predicted octanol–water partition coefficient (Wildman–Crippen LogP) is 3.48. The van der Waals surface area contributed by atoms with Crippen LogP contribution in [0.15, 0.2) is 45.6 Å². The first-order chi connectivity index (χ1) is 10.1. The highest BCUT2D eigenvalue weighted by atomic mass is 16.5. The number of ether oxygens (including phenoxy) is 1. The second-order valence-corrected chi connectivity index (χ2v) is 5.18. The average molecular weight is 284 g/mol. The molecule has 0 aliphatic heterocycles. The molecule has 1 aliphatic rings. The number of benzene rings is 1. The third kappa shape index (κ3) is 2.75. The third-order valence-electron chi connectivity index (χ3n) is 3.59. The molecule has 0 amide bonds. The molecule has 21 heavy (non-hydrogen) atoms. The average Bonchev–Trinajstić information content (AvgIpc) is 2.47. The minimum absolute atomic E-state index is 0.0373. The van der Waals surface area contributed by atoms with Gasteiger partial charge in [-0.25, -0.2) is 4.79 Å². The molecule has 1 aromatic carbocycles. The molecular weight excluding hydrogens is 268 g/mol. The zero-order valence-corrected chi connectivity index (χ0v) is 11.8. The van der Waals surface area contributed by atoms with Crippen LogP contribution in [-0.4, -0.2) is 11.9 Å². The van der Waals surface area contributed by atoms with Crippen molar-refractivity contribution in [3.8, 4) is 5.75 Å². The van der Waals surface area contributed by atoms with Crippen molar-refractivity contribution in [1.82, 2.24) is 0 Å². The van der Waals surface area contributed by atoms with Crippen LogP contribution in [0.2, 0.25) is 0 Å². The van der Waals surface area contributed by atoms with Gasteiger partial charge in [-0.15, -0.1) is 0 Å². The van der Waals surface area contributed by atoms with Gasteiger partial charge in [0, 0.05) is 11.5 Å². The lowest BCUT2D eigenvalue weighted by Crippen LogP contribution is -2.17. The van der Waals surface area contributed by atoms with Gasteiger partial charge < -0.3 is 9.15 Å². The molecule has 0 spiro atoms. The molecule has 1 atom stereocenters. The maximum absolute atomic E-state index is 12.0. The summed E-state index contributed by atoms with van der Waals surface area (Å²) < 4.78 is 11.1. The Morgan fingerprint density at radius 3 is 2.81 bits per heavy atom. The first-order valence-electron chi connectivity index (χ1n) is 7.06. The van der Waals surface area contributed by atoms with E-state index in [0.717, 1.165) is 19.3 Å². The Labute approximate surface area is 122 Å². The number of hydrogen-bond acceptors (Lipinski definition) is 4. The Morgan fingerprint density at radius 2 is 2.10 bits per heavy atom. The number of rotatable bonds is 3. The maximum atomic E-state index is 12.0. The molecule has 4 heteroatoms. The van der Waals surface area contributed by atoms with Crippen LogP contribution in [-0.2, 0) is 0 Å². The Hall–Kier alpha value is -2.36. The molecule has 1 heterocycles. The summed E-state index contributed by atoms with van der Waals surface area (Å²) in [4.78, 5) is 23.4. The summed E-state index contributed by atoms with van der Waals surface area (Å²) >= 11 is 0. The minimum atomic E-state index is -0.472. The summed E-state index contributed by atoms with van der Waals surface area (Å²) in [6, 6.07) is 6.56. The van der Waals surface area contributed by atoms with E-state index in [1.165, 1.54) is 13.0 Å². The van der Waals surface area contributed by atoms with E-state index < -0.39 is 5.63 Å². The van der Waals surface area contributed by atoms with Crippen molar-refractivity contribution in [2.75, 3.05) is 0 Å². The van der Waals surface area contributed by atoms with Crippen LogP contribution in [0.1, 0.15) is 36.5 Å². The lowest BCUT2D eigenvalue weighted by molar-refractivity contribution is 0.101. The summed E-state index contributed by atoms with van der Waals surface area (Å²) in [5, 5.41) is 0.714. The first-order valence-corrected chi connectivity index (χ1v) is 7.06. The van der Waals surface area contributed by atoms with Crippen LogP contribution in [0.25, 0.3) is 11.0 Å². The lowest BCUT2D eigenvalue weighted by Gasteiger charge is -2.20. The van der Waals surface area contributed by atoms with Crippen molar-refractivity contribution < 1.29 is 13.9 Å². The Balaban J connectivity index is 2.11. The van der Waals surface area contributed by atoms with E-state index >= 15 is 0 Å². The maximum Gasteiger partial charge on any atom is 0.336 e. The van der Waals surface area contributed by atoms with Crippen LogP contribution >= 0.6 is 0 Å². The van der Waals surface area contributed by atoms with Gasteiger partial charge in [-0.05, 0) is 50.5 Å². The van der Waals surface area contributed by atoms with E-state index in [1.807, 2.05) is 6.08 Å². The van der Waals surface area contributed by atoms with Crippen LogP contribution in [0.5, 0.6) is 5.75 Å². The predicted molar refractivity (Wildman–Crippen MR) is 79.9 cm³/mol. The van der Waals surface area contributed by atoms with Gasteiger partial charge in [-0.3, -0.25) is 4.79 Å². The molecule has 0 fully saturated rings. The number of ketones is 1. The molecule has 0 saturated carbocycles. The lowest BCUT2D eigenvalue weighted by atomic mass is 10.0. The second-order valence-electron chi connectivity index (χ2n) is 5.18. The van der Waals surface area contributed by atoms with Gasteiger partial charge in [0.2, 0.25) is 0 Å². The molecule has 0 N–H and O–H groups in total. The number of hydrogen-bond donors (Lipinski definition) is 0. The molecule has 108 valence electrons. The van der Waals surface area contributed by atoms with Crippen molar-refractivity contribution in [2.45, 2.75) is 32.3 Å². The largest absolute Gasteiger partial charge is 0.485 e. The van der Waals surface area contributed by atoms with Gasteiger partial charge in [-0.1, -0.05) is 6.08 Å². The fraction of sp³-hybridized carbons (Fsp3) is 0.294. The normalized spacial score (nSPS) is 17.9. The van der Waals surface area contributed by atoms with Gasteiger partial charge in [0.15, 0.2) is 11.4 Å².